The fourth-order valence-electron chi connectivity index (χ4n) is 3.61. The van der Waals surface area contributed by atoms with Crippen molar-refractivity contribution < 1.29 is 9.53 Å². The van der Waals surface area contributed by atoms with E-state index in [9.17, 15) is 4.79 Å². The number of ether oxygens (including phenoxy) is 1. The third-order valence-electron chi connectivity index (χ3n) is 5.02. The highest BCUT2D eigenvalue weighted by Gasteiger charge is 2.55. The monoisotopic (exact) mass is 339 g/mol. The maximum Gasteiger partial charge on any atom is 0.234 e. The van der Waals surface area contributed by atoms with Crippen molar-refractivity contribution >= 4 is 17.7 Å². The average Bonchev–Trinajstić information content (AvgIpc) is 3.31. The molecule has 2 fully saturated rings. The van der Waals surface area contributed by atoms with Gasteiger partial charge in [-0.05, 0) is 24.5 Å². The summed E-state index contributed by atoms with van der Waals surface area (Å²) in [5.41, 5.74) is 1.87. The molecule has 2 aromatic rings. The number of hydrogen-bond acceptors (Lipinski definition) is 3. The van der Waals surface area contributed by atoms with Crippen molar-refractivity contribution in [1.82, 2.24) is 4.90 Å². The van der Waals surface area contributed by atoms with Crippen LogP contribution in [0.15, 0.2) is 54.6 Å². The van der Waals surface area contributed by atoms with Gasteiger partial charge in [0.2, 0.25) is 5.91 Å². The lowest BCUT2D eigenvalue weighted by atomic mass is 9.93. The van der Waals surface area contributed by atoms with E-state index >= 15 is 0 Å². The molecule has 2 aromatic carbocycles. The normalized spacial score (nSPS) is 21.5. The Morgan fingerprint density at radius 1 is 1.12 bits per heavy atom. The Labute approximate surface area is 147 Å². The number of rotatable bonds is 4. The molecule has 0 spiro atoms. The highest BCUT2D eigenvalue weighted by atomic mass is 32.2. The first-order valence-electron chi connectivity index (χ1n) is 8.37. The molecule has 4 heteroatoms. The van der Waals surface area contributed by atoms with Gasteiger partial charge in [0.25, 0.3) is 0 Å². The maximum absolute atomic E-state index is 13.4. The molecule has 1 heterocycles. The van der Waals surface area contributed by atoms with Gasteiger partial charge in [-0.1, -0.05) is 48.5 Å². The molecule has 1 saturated carbocycles. The molecule has 1 saturated heterocycles. The molecular weight excluding hydrogens is 318 g/mol. The lowest BCUT2D eigenvalue weighted by Gasteiger charge is -2.29. The molecule has 3 nitrogen and oxygen atoms in total. The minimum Gasteiger partial charge on any atom is -0.496 e. The van der Waals surface area contributed by atoms with Gasteiger partial charge in [0.15, 0.2) is 0 Å². The average molecular weight is 339 g/mol. The lowest BCUT2D eigenvalue weighted by molar-refractivity contribution is -0.134. The fourth-order valence-corrected chi connectivity index (χ4v) is 4.87. The van der Waals surface area contributed by atoms with E-state index in [0.717, 1.165) is 36.5 Å². The van der Waals surface area contributed by atoms with Crippen LogP contribution in [0.1, 0.15) is 29.3 Å². The van der Waals surface area contributed by atoms with Gasteiger partial charge in [-0.25, -0.2) is 0 Å². The predicted molar refractivity (Wildman–Crippen MR) is 97.3 cm³/mol. The molecule has 1 amide bonds. The SMILES string of the molecule is COc1ccccc1C1(C(=O)N2CCSC2c2ccccc2)CC1. The topological polar surface area (TPSA) is 29.5 Å². The molecular formula is C20H21NO2S. The van der Waals surface area contributed by atoms with Crippen LogP contribution in [0.4, 0.5) is 0 Å². The molecule has 1 atom stereocenters. The number of amides is 1. The molecule has 1 unspecified atom stereocenters. The van der Waals surface area contributed by atoms with Crippen molar-refractivity contribution in [2.75, 3.05) is 19.4 Å². The molecule has 0 radical (unpaired) electrons. The van der Waals surface area contributed by atoms with Crippen LogP contribution in [-0.2, 0) is 10.2 Å². The number of hydrogen-bond donors (Lipinski definition) is 0. The number of methoxy groups -OCH3 is 1. The molecule has 0 N–H and O–H groups in total. The molecule has 1 aliphatic carbocycles. The van der Waals surface area contributed by atoms with Crippen LogP contribution in [0.5, 0.6) is 5.75 Å². The third kappa shape index (κ3) is 2.49. The zero-order chi connectivity index (χ0) is 16.6. The maximum atomic E-state index is 13.4. The van der Waals surface area contributed by atoms with Gasteiger partial charge in [-0.15, -0.1) is 11.8 Å². The first-order valence-corrected chi connectivity index (χ1v) is 9.42. The molecule has 0 aromatic heterocycles. The van der Waals surface area contributed by atoms with Gasteiger partial charge in [-0.2, -0.15) is 0 Å². The van der Waals surface area contributed by atoms with Crippen molar-refractivity contribution in [3.05, 3.63) is 65.7 Å². The standard InChI is InChI=1S/C20H21NO2S/c1-23-17-10-6-5-9-16(17)20(11-12-20)19(22)21-13-14-24-18(21)15-7-3-2-4-8-15/h2-10,18H,11-14H2,1H3. The van der Waals surface area contributed by atoms with E-state index in [2.05, 4.69) is 17.0 Å². The summed E-state index contributed by atoms with van der Waals surface area (Å²) < 4.78 is 5.52. The second-order valence-electron chi connectivity index (χ2n) is 6.41. The quantitative estimate of drug-likeness (QED) is 0.843. The van der Waals surface area contributed by atoms with Crippen molar-refractivity contribution in [2.24, 2.45) is 0 Å². The molecule has 0 bridgehead atoms. The van der Waals surface area contributed by atoms with Gasteiger partial charge in [-0.3, -0.25) is 4.79 Å². The van der Waals surface area contributed by atoms with E-state index in [0.29, 0.717) is 0 Å². The van der Waals surface area contributed by atoms with Crippen LogP contribution in [0, 0.1) is 0 Å². The zero-order valence-electron chi connectivity index (χ0n) is 13.8. The minimum atomic E-state index is -0.384. The van der Waals surface area contributed by atoms with E-state index in [-0.39, 0.29) is 16.7 Å². The van der Waals surface area contributed by atoms with Gasteiger partial charge >= 0.3 is 0 Å². The third-order valence-corrected chi connectivity index (χ3v) is 6.28. The van der Waals surface area contributed by atoms with E-state index < -0.39 is 0 Å². The summed E-state index contributed by atoms with van der Waals surface area (Å²) in [6.07, 6.45) is 1.82. The van der Waals surface area contributed by atoms with Crippen LogP contribution < -0.4 is 4.74 Å². The van der Waals surface area contributed by atoms with Crippen molar-refractivity contribution in [3.63, 3.8) is 0 Å². The summed E-state index contributed by atoms with van der Waals surface area (Å²) in [7, 11) is 1.68. The number of thioether (sulfide) groups is 1. The second-order valence-corrected chi connectivity index (χ2v) is 7.60. The summed E-state index contributed by atoms with van der Waals surface area (Å²) in [4.78, 5) is 15.5. The van der Waals surface area contributed by atoms with Gasteiger partial charge in [0.1, 0.15) is 11.1 Å². The molecule has 124 valence electrons. The number of carbonyl (C=O) groups excluding carboxylic acids is 1. The Morgan fingerprint density at radius 3 is 2.54 bits per heavy atom. The minimum absolute atomic E-state index is 0.130. The van der Waals surface area contributed by atoms with E-state index in [1.807, 2.05) is 54.2 Å². The fraction of sp³-hybridized carbons (Fsp3) is 0.350. The van der Waals surface area contributed by atoms with Crippen LogP contribution in [-0.4, -0.2) is 30.2 Å². The largest absolute Gasteiger partial charge is 0.496 e. The Hall–Kier alpha value is -1.94. The second kappa shape index (κ2) is 6.17. The van der Waals surface area contributed by atoms with Crippen LogP contribution in [0.3, 0.4) is 0 Å². The van der Waals surface area contributed by atoms with Gasteiger partial charge in [0, 0.05) is 17.9 Å². The Morgan fingerprint density at radius 2 is 1.83 bits per heavy atom. The first-order chi connectivity index (χ1) is 11.8. The zero-order valence-corrected chi connectivity index (χ0v) is 14.6. The van der Waals surface area contributed by atoms with Crippen molar-refractivity contribution in [3.8, 4) is 5.75 Å². The highest BCUT2D eigenvalue weighted by Crippen LogP contribution is 2.54. The number of para-hydroxylation sites is 1. The molecule has 24 heavy (non-hydrogen) atoms. The summed E-state index contributed by atoms with van der Waals surface area (Å²) in [6.45, 7) is 0.819. The summed E-state index contributed by atoms with van der Waals surface area (Å²) in [5.74, 6) is 2.07. The molecule has 2 aliphatic rings. The first kappa shape index (κ1) is 15.6. The van der Waals surface area contributed by atoms with Gasteiger partial charge < -0.3 is 9.64 Å². The number of benzene rings is 2. The van der Waals surface area contributed by atoms with E-state index in [1.165, 1.54) is 5.56 Å². The number of carbonyl (C=O) groups is 1. The Balaban J connectivity index is 1.66. The van der Waals surface area contributed by atoms with E-state index in [4.69, 9.17) is 4.74 Å². The summed E-state index contributed by atoms with van der Waals surface area (Å²) in [5, 5.41) is 0.130. The molecule has 1 aliphatic heterocycles. The van der Waals surface area contributed by atoms with Crippen LogP contribution in [0.25, 0.3) is 0 Å². The highest BCUT2D eigenvalue weighted by molar-refractivity contribution is 7.99. The summed E-state index contributed by atoms with van der Waals surface area (Å²) >= 11 is 1.85. The van der Waals surface area contributed by atoms with Crippen molar-refractivity contribution in [1.29, 1.82) is 0 Å². The predicted octanol–water partition coefficient (Wildman–Crippen LogP) is 4.00. The lowest BCUT2D eigenvalue weighted by Crippen LogP contribution is -2.39. The molecule has 4 rings (SSSR count). The van der Waals surface area contributed by atoms with Gasteiger partial charge in [0.05, 0.1) is 12.5 Å². The van der Waals surface area contributed by atoms with E-state index in [1.54, 1.807) is 7.11 Å². The Kier molecular flexibility index (Phi) is 4.01. The summed E-state index contributed by atoms with van der Waals surface area (Å²) in [6, 6.07) is 18.3. The number of nitrogens with zero attached hydrogens (tertiary/aromatic N) is 1. The van der Waals surface area contributed by atoms with Crippen LogP contribution >= 0.6 is 11.8 Å². The smallest absolute Gasteiger partial charge is 0.234 e. The Bertz CT molecular complexity index is 742. The van der Waals surface area contributed by atoms with Crippen molar-refractivity contribution in [2.45, 2.75) is 23.6 Å². The van der Waals surface area contributed by atoms with Crippen LogP contribution in [0.2, 0.25) is 0 Å².